The topological polar surface area (TPSA) is 70.5 Å². The summed E-state index contributed by atoms with van der Waals surface area (Å²) in [5.41, 5.74) is 1.88. The quantitative estimate of drug-likeness (QED) is 0.801. The average molecular weight is 312 g/mol. The zero-order chi connectivity index (χ0) is 15.1. The second-order valence-corrected chi connectivity index (χ2v) is 5.89. The van der Waals surface area contributed by atoms with E-state index in [2.05, 4.69) is 15.3 Å². The van der Waals surface area contributed by atoms with Gasteiger partial charge >= 0.3 is 0 Å². The van der Waals surface area contributed by atoms with Crippen molar-refractivity contribution in [1.82, 2.24) is 24.9 Å². The largest absolute Gasteiger partial charge is 0.345 e. The number of nitrogens with one attached hydrogen (secondary N) is 1. The first kappa shape index (κ1) is 14.3. The predicted molar refractivity (Wildman–Crippen MR) is 76.7 cm³/mol. The van der Waals surface area contributed by atoms with Crippen LogP contribution < -0.4 is 5.32 Å². The van der Waals surface area contributed by atoms with E-state index in [1.165, 1.54) is 0 Å². The molecule has 0 radical (unpaired) electrons. The van der Waals surface area contributed by atoms with Crippen LogP contribution in [0.15, 0.2) is 0 Å². The Morgan fingerprint density at radius 3 is 2.81 bits per heavy atom. The molecule has 2 amide bonds. The molecular weight excluding hydrogens is 294 g/mol. The van der Waals surface area contributed by atoms with Gasteiger partial charge in [0.1, 0.15) is 11.2 Å². The molecular formula is C13H18ClN5O2. The second kappa shape index (κ2) is 5.31. The lowest BCUT2D eigenvalue weighted by Gasteiger charge is -2.42. The predicted octanol–water partition coefficient (Wildman–Crippen LogP) is -0.475. The SMILES string of the molecule is Cc1nn(C)c(Cl)c1CN1CCN2C(=O)CNC(=O)C2C1. The van der Waals surface area contributed by atoms with Gasteiger partial charge in [-0.15, -0.1) is 0 Å². The van der Waals surface area contributed by atoms with Crippen molar-refractivity contribution in [2.45, 2.75) is 19.5 Å². The first-order chi connectivity index (χ1) is 9.97. The normalized spacial score (nSPS) is 23.2. The molecule has 1 unspecified atom stereocenters. The first-order valence-corrected chi connectivity index (χ1v) is 7.32. The molecule has 0 aliphatic carbocycles. The van der Waals surface area contributed by atoms with Crippen LogP contribution in [0.25, 0.3) is 0 Å². The van der Waals surface area contributed by atoms with E-state index in [0.29, 0.717) is 24.8 Å². The highest BCUT2D eigenvalue weighted by molar-refractivity contribution is 6.30. The molecule has 3 rings (SSSR count). The van der Waals surface area contributed by atoms with Gasteiger partial charge in [0.25, 0.3) is 0 Å². The Bertz CT molecular complexity index is 600. The van der Waals surface area contributed by atoms with E-state index in [1.54, 1.807) is 9.58 Å². The van der Waals surface area contributed by atoms with Crippen LogP contribution in [0.3, 0.4) is 0 Å². The maximum atomic E-state index is 11.9. The third kappa shape index (κ3) is 2.51. The molecule has 1 N–H and O–H groups in total. The first-order valence-electron chi connectivity index (χ1n) is 6.95. The van der Waals surface area contributed by atoms with E-state index in [1.807, 2.05) is 14.0 Å². The minimum atomic E-state index is -0.393. The molecule has 114 valence electrons. The Hall–Kier alpha value is -1.60. The van der Waals surface area contributed by atoms with E-state index < -0.39 is 6.04 Å². The Morgan fingerprint density at radius 1 is 1.38 bits per heavy atom. The highest BCUT2D eigenvalue weighted by Crippen LogP contribution is 2.22. The molecule has 1 atom stereocenters. The van der Waals surface area contributed by atoms with Gasteiger partial charge in [0, 0.05) is 38.8 Å². The third-order valence-corrected chi connectivity index (χ3v) is 4.63. The number of amides is 2. The zero-order valence-corrected chi connectivity index (χ0v) is 12.9. The lowest BCUT2D eigenvalue weighted by molar-refractivity contribution is -0.149. The fraction of sp³-hybridized carbons (Fsp3) is 0.615. The molecule has 21 heavy (non-hydrogen) atoms. The summed E-state index contributed by atoms with van der Waals surface area (Å²) < 4.78 is 1.65. The molecule has 2 aliphatic rings. The molecule has 3 heterocycles. The van der Waals surface area contributed by atoms with Gasteiger partial charge in [-0.1, -0.05) is 11.6 Å². The molecule has 8 heteroatoms. The summed E-state index contributed by atoms with van der Waals surface area (Å²) in [6.07, 6.45) is 0. The monoisotopic (exact) mass is 311 g/mol. The highest BCUT2D eigenvalue weighted by atomic mass is 35.5. The molecule has 0 saturated carbocycles. The van der Waals surface area contributed by atoms with Crippen molar-refractivity contribution in [1.29, 1.82) is 0 Å². The Kier molecular flexibility index (Phi) is 3.62. The number of aromatic nitrogens is 2. The third-order valence-electron chi connectivity index (χ3n) is 4.15. The minimum Gasteiger partial charge on any atom is -0.345 e. The summed E-state index contributed by atoms with van der Waals surface area (Å²) in [6, 6.07) is -0.393. The lowest BCUT2D eigenvalue weighted by Crippen LogP contribution is -2.65. The van der Waals surface area contributed by atoms with Crippen LogP contribution in [-0.4, -0.2) is 63.6 Å². The molecule has 0 bridgehead atoms. The smallest absolute Gasteiger partial charge is 0.244 e. The van der Waals surface area contributed by atoms with Gasteiger partial charge in [-0.2, -0.15) is 5.10 Å². The van der Waals surface area contributed by atoms with Crippen molar-refractivity contribution in [3.05, 3.63) is 16.4 Å². The van der Waals surface area contributed by atoms with Gasteiger partial charge in [0.2, 0.25) is 11.8 Å². The molecule has 0 spiro atoms. The number of piperazine rings is 2. The average Bonchev–Trinajstić information content (AvgIpc) is 2.70. The van der Waals surface area contributed by atoms with Crippen LogP contribution in [0.4, 0.5) is 0 Å². The van der Waals surface area contributed by atoms with Crippen LogP contribution in [0.1, 0.15) is 11.3 Å². The zero-order valence-electron chi connectivity index (χ0n) is 12.1. The van der Waals surface area contributed by atoms with Gasteiger partial charge in [-0.3, -0.25) is 19.2 Å². The highest BCUT2D eigenvalue weighted by Gasteiger charge is 2.38. The Balaban J connectivity index is 1.74. The van der Waals surface area contributed by atoms with Crippen molar-refractivity contribution in [2.24, 2.45) is 7.05 Å². The molecule has 7 nitrogen and oxygen atoms in total. The number of carbonyl (C=O) groups excluding carboxylic acids is 2. The van der Waals surface area contributed by atoms with Crippen molar-refractivity contribution in [3.8, 4) is 0 Å². The summed E-state index contributed by atoms with van der Waals surface area (Å²) in [4.78, 5) is 27.6. The maximum absolute atomic E-state index is 11.9. The van der Waals surface area contributed by atoms with Crippen LogP contribution in [-0.2, 0) is 23.2 Å². The van der Waals surface area contributed by atoms with E-state index in [0.717, 1.165) is 17.8 Å². The summed E-state index contributed by atoms with van der Waals surface area (Å²) in [6.45, 7) is 4.53. The molecule has 2 fully saturated rings. The fourth-order valence-corrected chi connectivity index (χ4v) is 3.20. The standard InChI is InChI=1S/C13H18ClN5O2/c1-8-9(12(14)17(2)16-8)6-18-3-4-19-10(7-18)13(21)15-5-11(19)20/h10H,3-7H2,1-2H3,(H,15,21). The molecule has 2 aliphatic heterocycles. The summed E-state index contributed by atoms with van der Waals surface area (Å²) in [5.74, 6) is -0.0804. The van der Waals surface area contributed by atoms with Crippen molar-refractivity contribution < 1.29 is 9.59 Å². The molecule has 0 aromatic carbocycles. The number of hydrogen-bond acceptors (Lipinski definition) is 4. The number of nitrogens with zero attached hydrogens (tertiary/aromatic N) is 4. The summed E-state index contributed by atoms with van der Waals surface area (Å²) in [5, 5.41) is 7.57. The number of carbonyl (C=O) groups is 2. The lowest BCUT2D eigenvalue weighted by atomic mass is 10.1. The van der Waals surface area contributed by atoms with Gasteiger partial charge < -0.3 is 10.2 Å². The number of fused-ring (bicyclic) bond motifs is 1. The summed E-state index contributed by atoms with van der Waals surface area (Å²) >= 11 is 6.25. The number of aryl methyl sites for hydroxylation is 2. The van der Waals surface area contributed by atoms with E-state index in [9.17, 15) is 9.59 Å². The Labute approximate surface area is 127 Å². The minimum absolute atomic E-state index is 0.00478. The molecule has 1 aromatic heterocycles. The van der Waals surface area contributed by atoms with Gasteiger partial charge in [0.05, 0.1) is 12.2 Å². The van der Waals surface area contributed by atoms with E-state index in [4.69, 9.17) is 11.6 Å². The number of rotatable bonds is 2. The van der Waals surface area contributed by atoms with Crippen LogP contribution in [0.5, 0.6) is 0 Å². The van der Waals surface area contributed by atoms with Crippen molar-refractivity contribution in [2.75, 3.05) is 26.2 Å². The van der Waals surface area contributed by atoms with Gasteiger partial charge in [0.15, 0.2) is 0 Å². The van der Waals surface area contributed by atoms with Crippen molar-refractivity contribution in [3.63, 3.8) is 0 Å². The number of hydrogen-bond donors (Lipinski definition) is 1. The van der Waals surface area contributed by atoms with Gasteiger partial charge in [-0.05, 0) is 6.92 Å². The van der Waals surface area contributed by atoms with Gasteiger partial charge in [-0.25, -0.2) is 0 Å². The van der Waals surface area contributed by atoms with Crippen LogP contribution in [0, 0.1) is 6.92 Å². The van der Waals surface area contributed by atoms with Crippen LogP contribution in [0.2, 0.25) is 5.15 Å². The van der Waals surface area contributed by atoms with Crippen LogP contribution >= 0.6 is 11.6 Å². The molecule has 2 saturated heterocycles. The molecule has 1 aromatic rings. The fourth-order valence-electron chi connectivity index (χ4n) is 2.97. The second-order valence-electron chi connectivity index (χ2n) is 5.53. The number of halogens is 1. The van der Waals surface area contributed by atoms with E-state index in [-0.39, 0.29) is 18.4 Å². The summed E-state index contributed by atoms with van der Waals surface area (Å²) in [7, 11) is 1.81. The van der Waals surface area contributed by atoms with Crippen molar-refractivity contribution >= 4 is 23.4 Å². The maximum Gasteiger partial charge on any atom is 0.244 e. The van der Waals surface area contributed by atoms with E-state index >= 15 is 0 Å². The Morgan fingerprint density at radius 2 is 2.14 bits per heavy atom.